The van der Waals surface area contributed by atoms with E-state index in [0.717, 1.165) is 24.2 Å². The summed E-state index contributed by atoms with van der Waals surface area (Å²) in [5.74, 6) is -0.614. The number of rotatable bonds is 8. The highest BCUT2D eigenvalue weighted by Gasteiger charge is 2.32. The Hall–Kier alpha value is -3.86. The first-order valence-electron chi connectivity index (χ1n) is 12.1. The molecule has 1 saturated carbocycles. The minimum Gasteiger partial charge on any atom is -0.471 e. The highest BCUT2D eigenvalue weighted by atomic mass is 32.1. The summed E-state index contributed by atoms with van der Waals surface area (Å²) < 4.78 is 34.2. The number of nitrogens with two attached hydrogens (primary N) is 1. The first-order chi connectivity index (χ1) is 18.0. The van der Waals surface area contributed by atoms with Gasteiger partial charge >= 0.3 is 0 Å². The number of alkyl halides is 2. The molecule has 1 fully saturated rings. The summed E-state index contributed by atoms with van der Waals surface area (Å²) in [6.07, 6.45) is 0.517. The van der Waals surface area contributed by atoms with Crippen molar-refractivity contribution >= 4 is 39.1 Å². The van der Waals surface area contributed by atoms with Gasteiger partial charge in [-0.3, -0.25) is 9.59 Å². The summed E-state index contributed by atoms with van der Waals surface area (Å²) in [6.45, 7) is 6.49. The van der Waals surface area contributed by atoms with Gasteiger partial charge in [-0.1, -0.05) is 32.9 Å². The van der Waals surface area contributed by atoms with E-state index in [9.17, 15) is 18.4 Å². The van der Waals surface area contributed by atoms with Gasteiger partial charge in [0.05, 0.1) is 5.69 Å². The smallest absolute Gasteiger partial charge is 0.280 e. The Morgan fingerprint density at radius 3 is 2.53 bits per heavy atom. The first kappa shape index (κ1) is 25.8. The molecule has 4 aromatic rings. The molecule has 1 aliphatic rings. The van der Waals surface area contributed by atoms with Gasteiger partial charge < -0.3 is 15.8 Å². The number of nitrogens with one attached hydrogen (secondary N) is 1. The van der Waals surface area contributed by atoms with Gasteiger partial charge in [0.25, 0.3) is 18.2 Å². The molecule has 0 radical (unpaired) electrons. The fourth-order valence-corrected chi connectivity index (χ4v) is 5.21. The number of thiophene rings is 1. The molecule has 1 aromatic carbocycles. The van der Waals surface area contributed by atoms with Crippen LogP contribution in [0, 0.1) is 0 Å². The van der Waals surface area contributed by atoms with Gasteiger partial charge in [0.15, 0.2) is 12.4 Å². The molecule has 2 amide bonds. The van der Waals surface area contributed by atoms with Crippen molar-refractivity contribution in [2.45, 2.75) is 58.1 Å². The summed E-state index contributed by atoms with van der Waals surface area (Å²) in [7, 11) is 0. The Bertz CT molecular complexity index is 1520. The lowest BCUT2D eigenvalue weighted by Gasteiger charge is -2.19. The van der Waals surface area contributed by atoms with E-state index in [-0.39, 0.29) is 44.8 Å². The van der Waals surface area contributed by atoms with Crippen LogP contribution in [0.4, 0.5) is 14.5 Å². The number of fused-ring (bicyclic) bond motifs is 1. The number of ether oxygens (including phenoxy) is 1. The number of carbonyl (C=O) groups is 2. The average Bonchev–Trinajstić information content (AvgIpc) is 3.49. The first-order valence-corrected chi connectivity index (χ1v) is 13.0. The van der Waals surface area contributed by atoms with E-state index in [2.05, 4.69) is 36.2 Å². The van der Waals surface area contributed by atoms with Gasteiger partial charge in [-0.2, -0.15) is 5.10 Å². The maximum absolute atomic E-state index is 13.5. The van der Waals surface area contributed by atoms with Gasteiger partial charge in [-0.15, -0.1) is 11.3 Å². The molecule has 3 heterocycles. The van der Waals surface area contributed by atoms with Crippen LogP contribution in [0.1, 0.15) is 82.9 Å². The van der Waals surface area contributed by atoms with E-state index in [1.807, 2.05) is 24.3 Å². The lowest BCUT2D eigenvalue weighted by molar-refractivity contribution is 0.100. The van der Waals surface area contributed by atoms with Crippen LogP contribution in [0.3, 0.4) is 0 Å². The van der Waals surface area contributed by atoms with Crippen molar-refractivity contribution in [1.82, 2.24) is 14.8 Å². The van der Waals surface area contributed by atoms with Crippen molar-refractivity contribution in [3.63, 3.8) is 0 Å². The number of amides is 2. The van der Waals surface area contributed by atoms with Crippen molar-refractivity contribution < 1.29 is 23.1 Å². The molecule has 38 heavy (non-hydrogen) atoms. The summed E-state index contributed by atoms with van der Waals surface area (Å²) in [5, 5.41) is 7.49. The number of pyridine rings is 1. The van der Waals surface area contributed by atoms with Gasteiger partial charge in [0.1, 0.15) is 21.2 Å². The third-order valence-electron chi connectivity index (χ3n) is 6.37. The van der Waals surface area contributed by atoms with Crippen molar-refractivity contribution in [3.8, 4) is 5.75 Å². The number of aromatic nitrogens is 3. The zero-order chi connectivity index (χ0) is 27.2. The maximum atomic E-state index is 13.5. The Labute approximate surface area is 221 Å². The van der Waals surface area contributed by atoms with Crippen molar-refractivity contribution in [1.29, 1.82) is 0 Å². The fraction of sp³-hybridized carbons (Fsp3) is 0.333. The lowest BCUT2D eigenvalue weighted by atomic mass is 9.87. The van der Waals surface area contributed by atoms with Gasteiger partial charge in [0, 0.05) is 11.6 Å². The summed E-state index contributed by atoms with van der Waals surface area (Å²) in [4.78, 5) is 29.6. The Kier molecular flexibility index (Phi) is 6.64. The Morgan fingerprint density at radius 1 is 1.21 bits per heavy atom. The number of hydrogen-bond acceptors (Lipinski definition) is 6. The molecule has 5 rings (SSSR count). The fourth-order valence-electron chi connectivity index (χ4n) is 4.19. The number of nitrogens with zero attached hydrogens (tertiary/aromatic N) is 3. The van der Waals surface area contributed by atoms with E-state index in [1.54, 1.807) is 6.20 Å². The van der Waals surface area contributed by atoms with Crippen molar-refractivity contribution in [2.24, 2.45) is 5.73 Å². The second-order valence-corrected chi connectivity index (χ2v) is 11.3. The van der Waals surface area contributed by atoms with E-state index in [0.29, 0.717) is 16.7 Å². The van der Waals surface area contributed by atoms with Crippen LogP contribution >= 0.6 is 11.3 Å². The molecule has 0 spiro atoms. The molecule has 0 unspecified atom stereocenters. The SMILES string of the molecule is CC(C)(C)c1ccc(OCn2ccc(C(=O)Nc3c(C(N)=O)sc4nc(C(F)F)cc(C5CC5)c34)n2)cc1. The third-order valence-corrected chi connectivity index (χ3v) is 7.47. The lowest BCUT2D eigenvalue weighted by Crippen LogP contribution is -2.18. The zero-order valence-electron chi connectivity index (χ0n) is 21.1. The molecule has 198 valence electrons. The van der Waals surface area contributed by atoms with Crippen molar-refractivity contribution in [2.75, 3.05) is 5.32 Å². The third kappa shape index (κ3) is 5.24. The maximum Gasteiger partial charge on any atom is 0.280 e. The minimum atomic E-state index is -2.75. The number of primary amides is 1. The van der Waals surface area contributed by atoms with Crippen molar-refractivity contribution in [3.05, 3.63) is 70.0 Å². The number of anilines is 1. The molecular weight excluding hydrogens is 512 g/mol. The highest BCUT2D eigenvalue weighted by Crippen LogP contribution is 2.48. The second kappa shape index (κ2) is 9.79. The molecule has 0 bridgehead atoms. The van der Waals surface area contributed by atoms with Crippen LogP contribution in [0.5, 0.6) is 5.75 Å². The van der Waals surface area contributed by atoms with E-state index < -0.39 is 18.2 Å². The number of carbonyl (C=O) groups excluding carboxylic acids is 2. The highest BCUT2D eigenvalue weighted by molar-refractivity contribution is 7.21. The van der Waals surface area contributed by atoms with Gasteiger partial charge in [-0.25, -0.2) is 18.4 Å². The van der Waals surface area contributed by atoms with Gasteiger partial charge in [-0.05, 0) is 59.6 Å². The van der Waals surface area contributed by atoms with E-state index in [4.69, 9.17) is 10.5 Å². The van der Waals surface area contributed by atoms with Crippen LogP contribution in [0.2, 0.25) is 0 Å². The largest absolute Gasteiger partial charge is 0.471 e. The molecule has 11 heteroatoms. The van der Waals surface area contributed by atoms with Crippen LogP contribution in [0.15, 0.2) is 42.6 Å². The quantitative estimate of drug-likeness (QED) is 0.286. The van der Waals surface area contributed by atoms with Crippen LogP contribution in [-0.2, 0) is 12.1 Å². The van der Waals surface area contributed by atoms with Crippen LogP contribution < -0.4 is 15.8 Å². The topological polar surface area (TPSA) is 112 Å². The summed E-state index contributed by atoms with van der Waals surface area (Å²) >= 11 is 0.894. The second-order valence-electron chi connectivity index (χ2n) is 10.3. The zero-order valence-corrected chi connectivity index (χ0v) is 21.9. The van der Waals surface area contributed by atoms with E-state index >= 15 is 0 Å². The summed E-state index contributed by atoms with van der Waals surface area (Å²) in [6, 6.07) is 10.7. The number of hydrogen-bond donors (Lipinski definition) is 2. The van der Waals surface area contributed by atoms with Gasteiger partial charge in [0.2, 0.25) is 0 Å². The summed E-state index contributed by atoms with van der Waals surface area (Å²) in [5.41, 5.74) is 7.35. The average molecular weight is 540 g/mol. The van der Waals surface area contributed by atoms with Crippen LogP contribution in [-0.4, -0.2) is 26.6 Å². The monoisotopic (exact) mass is 539 g/mol. The predicted molar refractivity (Wildman–Crippen MR) is 141 cm³/mol. The molecule has 0 saturated heterocycles. The molecular formula is C27H27F2N5O3S. The molecule has 3 N–H and O–H groups in total. The molecule has 0 atom stereocenters. The molecule has 8 nitrogen and oxygen atoms in total. The standard InChI is InChI=1S/C27H27F2N5O3S/c1-27(2,3)15-6-8-16(9-7-15)37-13-34-11-10-18(33-34)25(36)32-21-20-17(14-4-5-14)12-19(23(28)29)31-26(20)38-22(21)24(30)35/h6-12,14,23H,4-5,13H2,1-3H3,(H2,30,35)(H,32,36). The Morgan fingerprint density at radius 2 is 1.92 bits per heavy atom. The molecule has 3 aromatic heterocycles. The predicted octanol–water partition coefficient (Wildman–Crippen LogP) is 5.99. The minimum absolute atomic E-state index is 0.0334. The Balaban J connectivity index is 1.36. The molecule has 1 aliphatic carbocycles. The molecule has 0 aliphatic heterocycles. The van der Waals surface area contributed by atoms with Crippen LogP contribution in [0.25, 0.3) is 10.2 Å². The van der Waals surface area contributed by atoms with E-state index in [1.165, 1.54) is 22.4 Å². The number of benzene rings is 1. The number of halogens is 2. The normalized spacial score (nSPS) is 13.7.